The average molecular weight is 256 g/mol. The zero-order valence-corrected chi connectivity index (χ0v) is 11.5. The van der Waals surface area contributed by atoms with E-state index >= 15 is 0 Å². The molecule has 0 atom stereocenters. The molecule has 0 fully saturated rings. The lowest BCUT2D eigenvalue weighted by Crippen LogP contribution is -2.00. The fourth-order valence-corrected chi connectivity index (χ4v) is 1.96. The van der Waals surface area contributed by atoms with Gasteiger partial charge in [0, 0.05) is 0 Å². The maximum Gasteiger partial charge on any atom is 0.119 e. The van der Waals surface area contributed by atoms with Crippen molar-refractivity contribution in [2.45, 2.75) is 33.0 Å². The molecule has 2 aromatic rings. The Morgan fingerprint density at radius 1 is 0.947 bits per heavy atom. The maximum absolute atomic E-state index is 9.26. The summed E-state index contributed by atoms with van der Waals surface area (Å²) >= 11 is 0. The summed E-state index contributed by atoms with van der Waals surface area (Å²) in [6, 6.07) is 16.0. The van der Waals surface area contributed by atoms with Gasteiger partial charge < -0.3 is 9.84 Å². The summed E-state index contributed by atoms with van der Waals surface area (Å²) in [5.74, 6) is 1.39. The molecule has 2 heteroatoms. The molecule has 0 bridgehead atoms. The molecule has 0 unspecified atom stereocenters. The molecule has 2 aromatic carbocycles. The van der Waals surface area contributed by atoms with Crippen LogP contribution in [0.2, 0.25) is 0 Å². The van der Waals surface area contributed by atoms with Gasteiger partial charge in [0.2, 0.25) is 0 Å². The van der Waals surface area contributed by atoms with Crippen LogP contribution in [0.3, 0.4) is 0 Å². The number of rotatable bonds is 5. The van der Waals surface area contributed by atoms with E-state index in [-0.39, 0.29) is 6.61 Å². The van der Waals surface area contributed by atoms with Gasteiger partial charge in [0.05, 0.1) is 6.61 Å². The van der Waals surface area contributed by atoms with E-state index in [1.165, 1.54) is 5.56 Å². The molecule has 100 valence electrons. The first-order valence-electron chi connectivity index (χ1n) is 6.61. The molecule has 0 saturated carbocycles. The number of benzene rings is 2. The van der Waals surface area contributed by atoms with Crippen molar-refractivity contribution in [3.05, 3.63) is 65.2 Å². The Labute approximate surface area is 114 Å². The molecule has 0 aromatic heterocycles. The highest BCUT2D eigenvalue weighted by Crippen LogP contribution is 2.20. The third kappa shape index (κ3) is 3.58. The van der Waals surface area contributed by atoms with E-state index in [0.29, 0.717) is 12.5 Å². The van der Waals surface area contributed by atoms with Crippen molar-refractivity contribution in [2.75, 3.05) is 0 Å². The molecule has 0 saturated heterocycles. The lowest BCUT2D eigenvalue weighted by Gasteiger charge is -2.11. The minimum Gasteiger partial charge on any atom is -0.489 e. The number of hydrogen-bond donors (Lipinski definition) is 1. The van der Waals surface area contributed by atoms with Crippen molar-refractivity contribution in [3.8, 4) is 5.75 Å². The standard InChI is InChI=1S/C17H20O2/c1-13(2)14-7-9-17(10-8-14)19-12-16-6-4-3-5-15(16)11-18/h3-10,13,18H,11-12H2,1-2H3. The molecule has 0 amide bonds. The first kappa shape index (κ1) is 13.6. The predicted octanol–water partition coefficient (Wildman–Crippen LogP) is 3.88. The van der Waals surface area contributed by atoms with Gasteiger partial charge in [0.1, 0.15) is 12.4 Å². The van der Waals surface area contributed by atoms with Gasteiger partial charge in [-0.3, -0.25) is 0 Å². The minimum atomic E-state index is 0.0474. The highest BCUT2D eigenvalue weighted by atomic mass is 16.5. The predicted molar refractivity (Wildman–Crippen MR) is 77.2 cm³/mol. The molecule has 0 aliphatic heterocycles. The van der Waals surface area contributed by atoms with Gasteiger partial charge in [-0.2, -0.15) is 0 Å². The van der Waals surface area contributed by atoms with E-state index in [0.717, 1.165) is 16.9 Å². The Bertz CT molecular complexity index is 515. The van der Waals surface area contributed by atoms with Crippen LogP contribution in [0.1, 0.15) is 36.5 Å². The molecule has 0 spiro atoms. The number of ether oxygens (including phenoxy) is 1. The molecule has 0 radical (unpaired) electrons. The van der Waals surface area contributed by atoms with Crippen LogP contribution >= 0.6 is 0 Å². The Balaban J connectivity index is 2.02. The van der Waals surface area contributed by atoms with Crippen LogP contribution in [-0.2, 0) is 13.2 Å². The number of aliphatic hydroxyl groups is 1. The number of hydrogen-bond acceptors (Lipinski definition) is 2. The Morgan fingerprint density at radius 3 is 2.16 bits per heavy atom. The van der Waals surface area contributed by atoms with Crippen molar-refractivity contribution in [1.82, 2.24) is 0 Å². The van der Waals surface area contributed by atoms with Gasteiger partial charge in [0.15, 0.2) is 0 Å². The molecule has 0 heterocycles. The highest BCUT2D eigenvalue weighted by molar-refractivity contribution is 5.30. The third-order valence-corrected chi connectivity index (χ3v) is 3.23. The summed E-state index contributed by atoms with van der Waals surface area (Å²) in [7, 11) is 0. The van der Waals surface area contributed by atoms with Gasteiger partial charge in [-0.1, -0.05) is 50.2 Å². The summed E-state index contributed by atoms with van der Waals surface area (Å²) in [4.78, 5) is 0. The van der Waals surface area contributed by atoms with Crippen LogP contribution in [-0.4, -0.2) is 5.11 Å². The smallest absolute Gasteiger partial charge is 0.119 e. The second-order valence-corrected chi connectivity index (χ2v) is 4.94. The first-order valence-corrected chi connectivity index (χ1v) is 6.61. The Morgan fingerprint density at radius 2 is 1.58 bits per heavy atom. The quantitative estimate of drug-likeness (QED) is 0.879. The SMILES string of the molecule is CC(C)c1ccc(OCc2ccccc2CO)cc1. The fraction of sp³-hybridized carbons (Fsp3) is 0.294. The minimum absolute atomic E-state index is 0.0474. The topological polar surface area (TPSA) is 29.5 Å². The van der Waals surface area contributed by atoms with Crippen molar-refractivity contribution in [3.63, 3.8) is 0 Å². The van der Waals surface area contributed by atoms with Gasteiger partial charge >= 0.3 is 0 Å². The van der Waals surface area contributed by atoms with Crippen molar-refractivity contribution in [1.29, 1.82) is 0 Å². The fourth-order valence-electron chi connectivity index (χ4n) is 1.96. The molecule has 2 rings (SSSR count). The monoisotopic (exact) mass is 256 g/mol. The maximum atomic E-state index is 9.26. The van der Waals surface area contributed by atoms with E-state index in [9.17, 15) is 5.11 Å². The Kier molecular flexibility index (Phi) is 4.58. The van der Waals surface area contributed by atoms with Crippen molar-refractivity contribution < 1.29 is 9.84 Å². The van der Waals surface area contributed by atoms with Gasteiger partial charge in [-0.25, -0.2) is 0 Å². The highest BCUT2D eigenvalue weighted by Gasteiger charge is 2.03. The second kappa shape index (κ2) is 6.39. The molecule has 19 heavy (non-hydrogen) atoms. The van der Waals surface area contributed by atoms with Gasteiger partial charge in [-0.05, 0) is 34.7 Å². The van der Waals surface area contributed by atoms with Gasteiger partial charge in [-0.15, -0.1) is 0 Å². The largest absolute Gasteiger partial charge is 0.489 e. The van der Waals surface area contributed by atoms with Gasteiger partial charge in [0.25, 0.3) is 0 Å². The van der Waals surface area contributed by atoms with E-state index in [4.69, 9.17) is 4.74 Å². The normalized spacial score (nSPS) is 10.7. The van der Waals surface area contributed by atoms with Crippen LogP contribution in [0.5, 0.6) is 5.75 Å². The van der Waals surface area contributed by atoms with Crippen molar-refractivity contribution >= 4 is 0 Å². The summed E-state index contributed by atoms with van der Waals surface area (Å²) in [5, 5.41) is 9.26. The zero-order valence-electron chi connectivity index (χ0n) is 11.5. The molecular formula is C17H20O2. The first-order chi connectivity index (χ1) is 9.20. The van der Waals surface area contributed by atoms with Crippen LogP contribution in [0.25, 0.3) is 0 Å². The lowest BCUT2D eigenvalue weighted by atomic mass is 10.0. The van der Waals surface area contributed by atoms with E-state index in [1.807, 2.05) is 36.4 Å². The third-order valence-electron chi connectivity index (χ3n) is 3.23. The molecule has 0 aliphatic carbocycles. The van der Waals surface area contributed by atoms with Crippen LogP contribution in [0.4, 0.5) is 0 Å². The lowest BCUT2D eigenvalue weighted by molar-refractivity contribution is 0.269. The second-order valence-electron chi connectivity index (χ2n) is 4.94. The molecular weight excluding hydrogens is 236 g/mol. The average Bonchev–Trinajstić information content (AvgIpc) is 2.45. The summed E-state index contributed by atoms with van der Waals surface area (Å²) in [6.07, 6.45) is 0. The zero-order chi connectivity index (χ0) is 13.7. The van der Waals surface area contributed by atoms with E-state index in [2.05, 4.69) is 26.0 Å². The van der Waals surface area contributed by atoms with Crippen LogP contribution < -0.4 is 4.74 Å². The van der Waals surface area contributed by atoms with Crippen LogP contribution in [0, 0.1) is 0 Å². The summed E-state index contributed by atoms with van der Waals surface area (Å²) in [5.41, 5.74) is 3.25. The van der Waals surface area contributed by atoms with E-state index in [1.54, 1.807) is 0 Å². The van der Waals surface area contributed by atoms with Crippen LogP contribution in [0.15, 0.2) is 48.5 Å². The summed E-state index contributed by atoms with van der Waals surface area (Å²) < 4.78 is 5.76. The summed E-state index contributed by atoms with van der Waals surface area (Å²) in [6.45, 7) is 4.88. The number of aliphatic hydroxyl groups excluding tert-OH is 1. The van der Waals surface area contributed by atoms with E-state index < -0.39 is 0 Å². The molecule has 0 aliphatic rings. The molecule has 2 nitrogen and oxygen atoms in total. The van der Waals surface area contributed by atoms with Crippen molar-refractivity contribution in [2.24, 2.45) is 0 Å². The molecule has 1 N–H and O–H groups in total. The Hall–Kier alpha value is -1.80.